The van der Waals surface area contributed by atoms with Crippen molar-refractivity contribution in [3.63, 3.8) is 0 Å². The molecule has 0 fully saturated rings. The van der Waals surface area contributed by atoms with Gasteiger partial charge in [-0.3, -0.25) is 4.79 Å². The summed E-state index contributed by atoms with van der Waals surface area (Å²) in [6, 6.07) is 37.6. The topological polar surface area (TPSA) is 72.8 Å². The molecule has 0 unspecified atom stereocenters. The average molecular weight is 678 g/mol. The van der Waals surface area contributed by atoms with Crippen molar-refractivity contribution in [2.45, 2.75) is 13.5 Å². The number of aromatic nitrogens is 1. The maximum atomic E-state index is 13.3. The summed E-state index contributed by atoms with van der Waals surface area (Å²) in [7, 11) is 0. The predicted octanol–water partition coefficient (Wildman–Crippen LogP) is 8.40. The summed E-state index contributed by atoms with van der Waals surface area (Å²) in [6.07, 6.45) is 1.61. The fraction of sp³-hybridized carbons (Fsp3) is 0.0833. The lowest BCUT2D eigenvalue weighted by atomic mass is 10.0. The Hall–Kier alpha value is -4.76. The SMILES string of the molecule is CCOc1cc(/C=N/NC(=O)c2cc(-c3ccccc3)nc3ccccc23)cc(I)c1OCc1ccc2ccccc2c1. The van der Waals surface area contributed by atoms with Crippen LogP contribution in [0.25, 0.3) is 32.9 Å². The van der Waals surface area contributed by atoms with E-state index in [9.17, 15) is 4.79 Å². The molecule has 43 heavy (non-hydrogen) atoms. The quantitative estimate of drug-likeness (QED) is 0.0948. The summed E-state index contributed by atoms with van der Waals surface area (Å²) in [6.45, 7) is 2.83. The molecule has 6 rings (SSSR count). The monoisotopic (exact) mass is 677 g/mol. The Morgan fingerprint density at radius 1 is 0.860 bits per heavy atom. The van der Waals surface area contributed by atoms with Crippen molar-refractivity contribution in [2.24, 2.45) is 5.10 Å². The number of pyridine rings is 1. The third-order valence-electron chi connectivity index (χ3n) is 6.94. The molecule has 0 atom stereocenters. The first-order valence-corrected chi connectivity index (χ1v) is 15.0. The highest BCUT2D eigenvalue weighted by Gasteiger charge is 2.15. The van der Waals surface area contributed by atoms with E-state index >= 15 is 0 Å². The zero-order chi connectivity index (χ0) is 29.6. The standard InChI is InChI=1S/C36H28IN3O3/c1-2-42-34-20-25(19-31(37)35(34)43-23-24-16-17-26-10-6-7-13-28(26)18-24)22-38-40-36(41)30-21-33(27-11-4-3-5-12-27)39-32-15-9-8-14-29(30)32/h3-22H,2,23H2,1H3,(H,40,41)/b38-22+. The summed E-state index contributed by atoms with van der Waals surface area (Å²) < 4.78 is 13.1. The molecule has 6 nitrogen and oxygen atoms in total. The molecule has 1 N–H and O–H groups in total. The van der Waals surface area contributed by atoms with Crippen molar-refractivity contribution in [1.82, 2.24) is 10.4 Å². The van der Waals surface area contributed by atoms with Crippen LogP contribution in [0.4, 0.5) is 0 Å². The van der Waals surface area contributed by atoms with Gasteiger partial charge in [-0.1, -0.05) is 84.9 Å². The lowest BCUT2D eigenvalue weighted by molar-refractivity contribution is 0.0956. The van der Waals surface area contributed by atoms with Crippen molar-refractivity contribution < 1.29 is 14.3 Å². The largest absolute Gasteiger partial charge is 0.490 e. The molecule has 0 aliphatic rings. The molecule has 7 heteroatoms. The van der Waals surface area contributed by atoms with Gasteiger partial charge in [0.15, 0.2) is 11.5 Å². The van der Waals surface area contributed by atoms with Gasteiger partial charge in [0, 0.05) is 10.9 Å². The minimum atomic E-state index is -0.318. The first kappa shape index (κ1) is 28.4. The van der Waals surface area contributed by atoms with E-state index in [0.29, 0.717) is 30.3 Å². The normalized spacial score (nSPS) is 11.2. The Balaban J connectivity index is 1.21. The maximum Gasteiger partial charge on any atom is 0.272 e. The van der Waals surface area contributed by atoms with Gasteiger partial charge in [0.25, 0.3) is 5.91 Å². The van der Waals surface area contributed by atoms with Gasteiger partial charge >= 0.3 is 0 Å². The van der Waals surface area contributed by atoms with Crippen molar-refractivity contribution >= 4 is 56.4 Å². The highest BCUT2D eigenvalue weighted by Crippen LogP contribution is 2.35. The highest BCUT2D eigenvalue weighted by atomic mass is 127. The van der Waals surface area contributed by atoms with Crippen molar-refractivity contribution in [3.8, 4) is 22.8 Å². The zero-order valence-corrected chi connectivity index (χ0v) is 25.6. The highest BCUT2D eigenvalue weighted by molar-refractivity contribution is 14.1. The fourth-order valence-electron chi connectivity index (χ4n) is 4.90. The van der Waals surface area contributed by atoms with Crippen LogP contribution >= 0.6 is 22.6 Å². The van der Waals surface area contributed by atoms with Crippen LogP contribution in [0.2, 0.25) is 0 Å². The molecule has 5 aromatic carbocycles. The number of para-hydroxylation sites is 1. The predicted molar refractivity (Wildman–Crippen MR) is 181 cm³/mol. The summed E-state index contributed by atoms with van der Waals surface area (Å²) in [5.74, 6) is 0.978. The molecule has 1 aromatic heterocycles. The Bertz CT molecular complexity index is 1960. The van der Waals surface area contributed by atoms with E-state index in [-0.39, 0.29) is 5.91 Å². The van der Waals surface area contributed by atoms with Crippen LogP contribution in [0.1, 0.15) is 28.4 Å². The molecule has 0 aliphatic carbocycles. The molecule has 1 amide bonds. The average Bonchev–Trinajstić information content (AvgIpc) is 3.04. The molecule has 212 valence electrons. The number of amides is 1. The molecular formula is C36H28IN3O3. The lowest BCUT2D eigenvalue weighted by Crippen LogP contribution is -2.18. The number of hydrogen-bond acceptors (Lipinski definition) is 5. The van der Waals surface area contributed by atoms with Gasteiger partial charge in [-0.15, -0.1) is 0 Å². The van der Waals surface area contributed by atoms with Crippen molar-refractivity contribution in [3.05, 3.63) is 136 Å². The van der Waals surface area contributed by atoms with Gasteiger partial charge in [-0.25, -0.2) is 10.4 Å². The smallest absolute Gasteiger partial charge is 0.272 e. The number of fused-ring (bicyclic) bond motifs is 2. The number of hydrogen-bond donors (Lipinski definition) is 1. The van der Waals surface area contributed by atoms with E-state index in [1.807, 2.05) is 85.8 Å². The number of nitrogens with one attached hydrogen (secondary N) is 1. The van der Waals surface area contributed by atoms with Crippen LogP contribution in [-0.2, 0) is 6.61 Å². The van der Waals surface area contributed by atoms with Gasteiger partial charge in [0.1, 0.15) is 6.61 Å². The molecule has 0 saturated carbocycles. The molecule has 0 spiro atoms. The van der Waals surface area contributed by atoms with Crippen LogP contribution in [0, 0.1) is 3.57 Å². The second kappa shape index (κ2) is 13.0. The summed E-state index contributed by atoms with van der Waals surface area (Å²) in [5.41, 5.74) is 7.45. The molecule has 0 aliphatic heterocycles. The number of benzene rings is 5. The summed E-state index contributed by atoms with van der Waals surface area (Å²) >= 11 is 2.24. The molecular weight excluding hydrogens is 649 g/mol. The molecule has 1 heterocycles. The Labute approximate surface area is 263 Å². The summed E-state index contributed by atoms with van der Waals surface area (Å²) in [4.78, 5) is 18.1. The van der Waals surface area contributed by atoms with Gasteiger partial charge in [-0.2, -0.15) is 5.10 Å². The second-order valence-electron chi connectivity index (χ2n) is 9.87. The number of halogens is 1. The molecule has 0 bridgehead atoms. The Morgan fingerprint density at radius 3 is 2.47 bits per heavy atom. The number of ether oxygens (including phenoxy) is 2. The van der Waals surface area contributed by atoms with Gasteiger partial charge in [0.05, 0.1) is 33.2 Å². The zero-order valence-electron chi connectivity index (χ0n) is 23.5. The van der Waals surface area contributed by atoms with Crippen molar-refractivity contribution in [2.75, 3.05) is 6.61 Å². The van der Waals surface area contributed by atoms with Crippen LogP contribution in [0.3, 0.4) is 0 Å². The molecule has 6 aromatic rings. The Morgan fingerprint density at radius 2 is 1.63 bits per heavy atom. The Kier molecular flexibility index (Phi) is 8.60. The first-order chi connectivity index (χ1) is 21.1. The third kappa shape index (κ3) is 6.52. The molecule has 0 saturated heterocycles. The fourth-order valence-corrected chi connectivity index (χ4v) is 5.68. The second-order valence-corrected chi connectivity index (χ2v) is 11.0. The molecule has 0 radical (unpaired) electrons. The van der Waals surface area contributed by atoms with Crippen LogP contribution in [-0.4, -0.2) is 23.7 Å². The number of hydrazone groups is 1. The van der Waals surface area contributed by atoms with Gasteiger partial charge < -0.3 is 9.47 Å². The third-order valence-corrected chi connectivity index (χ3v) is 7.74. The van der Waals surface area contributed by atoms with Crippen LogP contribution < -0.4 is 14.9 Å². The van der Waals surface area contributed by atoms with E-state index in [0.717, 1.165) is 36.9 Å². The minimum absolute atomic E-state index is 0.318. The van der Waals surface area contributed by atoms with E-state index in [1.165, 1.54) is 10.8 Å². The van der Waals surface area contributed by atoms with E-state index in [1.54, 1.807) is 12.3 Å². The first-order valence-electron chi connectivity index (χ1n) is 13.9. The number of carbonyl (C=O) groups is 1. The minimum Gasteiger partial charge on any atom is -0.490 e. The van der Waals surface area contributed by atoms with E-state index in [4.69, 9.17) is 14.5 Å². The van der Waals surface area contributed by atoms with Gasteiger partial charge in [-0.05, 0) is 81.7 Å². The maximum absolute atomic E-state index is 13.3. The number of rotatable bonds is 9. The van der Waals surface area contributed by atoms with Crippen LogP contribution in [0.15, 0.2) is 120 Å². The van der Waals surface area contributed by atoms with Crippen molar-refractivity contribution in [1.29, 1.82) is 0 Å². The summed E-state index contributed by atoms with van der Waals surface area (Å²) in [5, 5.41) is 7.41. The number of nitrogens with zero attached hydrogens (tertiary/aromatic N) is 2. The van der Waals surface area contributed by atoms with Crippen LogP contribution in [0.5, 0.6) is 11.5 Å². The lowest BCUT2D eigenvalue weighted by Gasteiger charge is -2.15. The van der Waals surface area contributed by atoms with E-state index in [2.05, 4.69) is 63.4 Å². The van der Waals surface area contributed by atoms with Gasteiger partial charge in [0.2, 0.25) is 0 Å². The number of carbonyl (C=O) groups excluding carboxylic acids is 1. The van der Waals surface area contributed by atoms with E-state index < -0.39 is 0 Å².